The van der Waals surface area contributed by atoms with E-state index in [-0.39, 0.29) is 29.3 Å². The predicted octanol–water partition coefficient (Wildman–Crippen LogP) is 1.29. The molecule has 21 heavy (non-hydrogen) atoms. The molecule has 0 amide bonds. The van der Waals surface area contributed by atoms with Crippen LogP contribution < -0.4 is 9.47 Å². The molecule has 1 aliphatic heterocycles. The van der Waals surface area contributed by atoms with Crippen LogP contribution in [0.15, 0.2) is 0 Å². The van der Waals surface area contributed by atoms with E-state index in [9.17, 15) is 0 Å². The summed E-state index contributed by atoms with van der Waals surface area (Å²) in [6.45, 7) is 4.78. The van der Waals surface area contributed by atoms with Gasteiger partial charge >= 0.3 is 12.0 Å². The number of ether oxygens (including phenoxy) is 5. The lowest BCUT2D eigenvalue weighted by Crippen LogP contribution is -2.50. The molecule has 0 spiro atoms. The Morgan fingerprint density at radius 2 is 1.71 bits per heavy atom. The van der Waals surface area contributed by atoms with Gasteiger partial charge in [0.2, 0.25) is 5.28 Å². The summed E-state index contributed by atoms with van der Waals surface area (Å²) in [7, 11) is 2.96. The summed E-state index contributed by atoms with van der Waals surface area (Å²) >= 11 is 5.75. The van der Waals surface area contributed by atoms with Crippen molar-refractivity contribution >= 4 is 11.6 Å². The van der Waals surface area contributed by atoms with Crippen LogP contribution in [0.4, 0.5) is 0 Å². The Morgan fingerprint density at radius 3 is 2.29 bits per heavy atom. The molecular formula is C12H18ClN3O5. The highest BCUT2D eigenvalue weighted by atomic mass is 35.5. The van der Waals surface area contributed by atoms with Gasteiger partial charge in [-0.3, -0.25) is 0 Å². The SMILES string of the molecule is COc1nc(Cl)nc(OCC2(C)COC(C)(OC)OC2)n1. The average Bonchev–Trinajstić information content (AvgIpc) is 2.48. The fraction of sp³-hybridized carbons (Fsp3) is 0.750. The number of nitrogens with zero attached hydrogens (tertiary/aromatic N) is 3. The summed E-state index contributed by atoms with van der Waals surface area (Å²) in [5.74, 6) is -1.01. The molecule has 1 aliphatic rings. The second-order valence-electron chi connectivity index (χ2n) is 5.12. The first-order chi connectivity index (χ1) is 9.88. The molecule has 1 saturated heterocycles. The zero-order chi connectivity index (χ0) is 15.5. The Kier molecular flexibility index (Phi) is 4.82. The predicted molar refractivity (Wildman–Crippen MR) is 72.3 cm³/mol. The van der Waals surface area contributed by atoms with Crippen LogP contribution in [0.3, 0.4) is 0 Å². The van der Waals surface area contributed by atoms with Crippen LogP contribution in [0.25, 0.3) is 0 Å². The minimum Gasteiger partial charge on any atom is -0.467 e. The lowest BCUT2D eigenvalue weighted by molar-refractivity contribution is -0.402. The van der Waals surface area contributed by atoms with Crippen molar-refractivity contribution in [2.24, 2.45) is 5.41 Å². The lowest BCUT2D eigenvalue weighted by Gasteiger charge is -2.41. The van der Waals surface area contributed by atoms with E-state index in [0.29, 0.717) is 13.2 Å². The summed E-state index contributed by atoms with van der Waals surface area (Å²) < 4.78 is 26.7. The Balaban J connectivity index is 1.95. The van der Waals surface area contributed by atoms with Crippen LogP contribution in [-0.2, 0) is 14.2 Å². The third kappa shape index (κ3) is 4.13. The molecule has 8 nitrogen and oxygen atoms in total. The lowest BCUT2D eigenvalue weighted by atomic mass is 9.93. The maximum atomic E-state index is 5.75. The Bertz CT molecular complexity index is 494. The van der Waals surface area contributed by atoms with Gasteiger partial charge in [0.25, 0.3) is 5.97 Å². The third-order valence-corrected chi connectivity index (χ3v) is 3.20. The molecule has 2 heterocycles. The molecule has 2 rings (SSSR count). The van der Waals surface area contributed by atoms with Crippen LogP contribution in [0, 0.1) is 5.41 Å². The van der Waals surface area contributed by atoms with Gasteiger partial charge in [-0.15, -0.1) is 4.98 Å². The Hall–Kier alpha value is -1.22. The number of rotatable bonds is 5. The monoisotopic (exact) mass is 319 g/mol. The highest BCUT2D eigenvalue weighted by Crippen LogP contribution is 2.30. The van der Waals surface area contributed by atoms with Crippen molar-refractivity contribution in [1.82, 2.24) is 15.0 Å². The van der Waals surface area contributed by atoms with E-state index in [2.05, 4.69) is 15.0 Å². The quantitative estimate of drug-likeness (QED) is 0.802. The second-order valence-corrected chi connectivity index (χ2v) is 5.45. The number of aromatic nitrogens is 3. The normalized spacial score (nSPS) is 29.2. The smallest absolute Gasteiger partial charge is 0.323 e. The highest BCUT2D eigenvalue weighted by molar-refractivity contribution is 6.28. The number of halogens is 1. The average molecular weight is 320 g/mol. The number of hydrogen-bond acceptors (Lipinski definition) is 8. The van der Waals surface area contributed by atoms with Crippen LogP contribution in [-0.4, -0.2) is 55.0 Å². The molecular weight excluding hydrogens is 302 g/mol. The van der Waals surface area contributed by atoms with Crippen molar-refractivity contribution in [3.63, 3.8) is 0 Å². The summed E-state index contributed by atoms with van der Waals surface area (Å²) in [4.78, 5) is 11.6. The minimum absolute atomic E-state index is 0.00473. The van der Waals surface area contributed by atoms with Crippen LogP contribution in [0.2, 0.25) is 5.28 Å². The van der Waals surface area contributed by atoms with Gasteiger partial charge in [-0.05, 0) is 11.6 Å². The summed E-state index contributed by atoms with van der Waals surface area (Å²) in [6.07, 6.45) is 0. The largest absolute Gasteiger partial charge is 0.467 e. The van der Waals surface area contributed by atoms with Crippen molar-refractivity contribution in [3.8, 4) is 12.0 Å². The van der Waals surface area contributed by atoms with Gasteiger partial charge in [0.05, 0.1) is 20.3 Å². The number of methoxy groups -OCH3 is 2. The van der Waals surface area contributed by atoms with Gasteiger partial charge in [0.15, 0.2) is 0 Å². The van der Waals surface area contributed by atoms with Gasteiger partial charge in [-0.2, -0.15) is 9.97 Å². The fourth-order valence-electron chi connectivity index (χ4n) is 1.60. The summed E-state index contributed by atoms with van der Waals surface area (Å²) in [6, 6.07) is 0.186. The number of hydrogen-bond donors (Lipinski definition) is 0. The molecule has 0 saturated carbocycles. The fourth-order valence-corrected chi connectivity index (χ4v) is 1.75. The van der Waals surface area contributed by atoms with E-state index in [0.717, 1.165) is 0 Å². The summed E-state index contributed by atoms with van der Waals surface area (Å²) in [5.41, 5.74) is -0.357. The first-order valence-corrected chi connectivity index (χ1v) is 6.67. The maximum Gasteiger partial charge on any atom is 0.323 e. The summed E-state index contributed by atoms with van der Waals surface area (Å²) in [5, 5.41) is 0.00473. The van der Waals surface area contributed by atoms with Crippen molar-refractivity contribution < 1.29 is 23.7 Å². The molecule has 0 unspecified atom stereocenters. The van der Waals surface area contributed by atoms with E-state index in [4.69, 9.17) is 35.3 Å². The van der Waals surface area contributed by atoms with E-state index in [1.165, 1.54) is 14.2 Å². The standard InChI is InChI=1S/C12H18ClN3O5/c1-11(6-20-12(2,18-4)21-7-11)5-19-10-15-8(13)14-9(16-10)17-3/h5-7H2,1-4H3. The van der Waals surface area contributed by atoms with Gasteiger partial charge in [-0.1, -0.05) is 6.92 Å². The molecule has 9 heteroatoms. The van der Waals surface area contributed by atoms with Gasteiger partial charge < -0.3 is 23.7 Å². The molecule has 0 radical (unpaired) electrons. The van der Waals surface area contributed by atoms with Crippen molar-refractivity contribution in [2.45, 2.75) is 19.8 Å². The molecule has 1 aromatic rings. The second kappa shape index (κ2) is 6.27. The zero-order valence-corrected chi connectivity index (χ0v) is 13.1. The maximum absolute atomic E-state index is 5.75. The van der Waals surface area contributed by atoms with Gasteiger partial charge in [-0.25, -0.2) is 0 Å². The zero-order valence-electron chi connectivity index (χ0n) is 12.4. The van der Waals surface area contributed by atoms with Crippen LogP contribution in [0.5, 0.6) is 12.0 Å². The molecule has 0 aromatic carbocycles. The molecule has 0 bridgehead atoms. The van der Waals surface area contributed by atoms with E-state index in [1.807, 2.05) is 6.92 Å². The van der Waals surface area contributed by atoms with Gasteiger partial charge in [0.1, 0.15) is 6.61 Å². The molecule has 1 fully saturated rings. The van der Waals surface area contributed by atoms with Crippen LogP contribution in [0.1, 0.15) is 13.8 Å². The van der Waals surface area contributed by atoms with Gasteiger partial charge in [0, 0.05) is 19.4 Å². The van der Waals surface area contributed by atoms with E-state index < -0.39 is 5.97 Å². The third-order valence-electron chi connectivity index (χ3n) is 3.04. The molecule has 0 atom stereocenters. The first kappa shape index (κ1) is 16.2. The van der Waals surface area contributed by atoms with Crippen molar-refractivity contribution in [1.29, 1.82) is 0 Å². The Labute approximate surface area is 127 Å². The highest BCUT2D eigenvalue weighted by Gasteiger charge is 2.40. The van der Waals surface area contributed by atoms with E-state index in [1.54, 1.807) is 6.92 Å². The molecule has 1 aromatic heterocycles. The first-order valence-electron chi connectivity index (χ1n) is 6.29. The van der Waals surface area contributed by atoms with Crippen LogP contribution >= 0.6 is 11.6 Å². The Morgan fingerprint density at radius 1 is 1.10 bits per heavy atom. The van der Waals surface area contributed by atoms with E-state index >= 15 is 0 Å². The minimum atomic E-state index is -1.01. The topological polar surface area (TPSA) is 84.8 Å². The van der Waals surface area contributed by atoms with Crippen molar-refractivity contribution in [2.75, 3.05) is 34.0 Å². The molecule has 118 valence electrons. The molecule has 0 N–H and O–H groups in total. The molecule has 0 aliphatic carbocycles. The van der Waals surface area contributed by atoms with Crippen molar-refractivity contribution in [3.05, 3.63) is 5.28 Å².